The van der Waals surface area contributed by atoms with Gasteiger partial charge >= 0.3 is 0 Å². The first-order valence-corrected chi connectivity index (χ1v) is 5.16. The minimum atomic E-state index is 0.275. The van der Waals surface area contributed by atoms with Gasteiger partial charge in [-0.25, -0.2) is 0 Å². The third-order valence-corrected chi connectivity index (χ3v) is 1.97. The summed E-state index contributed by atoms with van der Waals surface area (Å²) in [5, 5.41) is 3.43. The van der Waals surface area contributed by atoms with Crippen LogP contribution in [0.1, 0.15) is 33.6 Å². The Labute approximate surface area is 82.4 Å². The maximum atomic E-state index is 5.44. The van der Waals surface area contributed by atoms with Gasteiger partial charge in [0.2, 0.25) is 0 Å². The maximum Gasteiger partial charge on any atom is 0.0675 e. The van der Waals surface area contributed by atoms with Gasteiger partial charge in [0, 0.05) is 12.6 Å². The highest BCUT2D eigenvalue weighted by Gasteiger charge is 2.03. The third-order valence-electron chi connectivity index (χ3n) is 1.97. The molecule has 0 saturated carbocycles. The van der Waals surface area contributed by atoms with Crippen molar-refractivity contribution in [2.24, 2.45) is 0 Å². The lowest BCUT2D eigenvalue weighted by Gasteiger charge is -2.17. The van der Waals surface area contributed by atoms with Gasteiger partial charge in [-0.3, -0.25) is 0 Å². The summed E-state index contributed by atoms with van der Waals surface area (Å²) in [4.78, 5) is 0. The molecule has 0 fully saturated rings. The molecule has 0 aliphatic heterocycles. The van der Waals surface area contributed by atoms with Crippen molar-refractivity contribution in [1.29, 1.82) is 0 Å². The van der Waals surface area contributed by atoms with Gasteiger partial charge in [0.05, 0.1) is 12.7 Å². The van der Waals surface area contributed by atoms with Crippen LogP contribution < -0.4 is 5.32 Å². The lowest BCUT2D eigenvalue weighted by atomic mass is 10.2. The molecule has 0 spiro atoms. The van der Waals surface area contributed by atoms with E-state index in [1.165, 1.54) is 12.8 Å². The number of hydrogen-bond donors (Lipinski definition) is 1. The second kappa shape index (κ2) is 8.27. The lowest BCUT2D eigenvalue weighted by molar-refractivity contribution is 0.0857. The molecule has 0 aliphatic rings. The topological polar surface area (TPSA) is 21.3 Å². The van der Waals surface area contributed by atoms with Crippen molar-refractivity contribution >= 4 is 0 Å². The second-order valence-corrected chi connectivity index (χ2v) is 3.53. The Morgan fingerprint density at radius 1 is 1.46 bits per heavy atom. The van der Waals surface area contributed by atoms with Gasteiger partial charge in [0.1, 0.15) is 0 Å². The molecule has 2 atom stereocenters. The van der Waals surface area contributed by atoms with E-state index in [4.69, 9.17) is 4.74 Å². The number of ether oxygens (including phenoxy) is 1. The quantitative estimate of drug-likeness (QED) is 0.586. The van der Waals surface area contributed by atoms with E-state index in [1.54, 1.807) is 6.08 Å². The Kier molecular flexibility index (Phi) is 8.05. The molecular formula is C11H23NO. The van der Waals surface area contributed by atoms with E-state index in [9.17, 15) is 0 Å². The van der Waals surface area contributed by atoms with Crippen LogP contribution in [0.3, 0.4) is 0 Å². The number of hydrogen-bond acceptors (Lipinski definition) is 2. The van der Waals surface area contributed by atoms with Crippen LogP contribution in [0.15, 0.2) is 12.7 Å². The van der Waals surface area contributed by atoms with E-state index in [-0.39, 0.29) is 6.10 Å². The summed E-state index contributed by atoms with van der Waals surface area (Å²) < 4.78 is 5.44. The van der Waals surface area contributed by atoms with E-state index in [2.05, 4.69) is 32.7 Å². The molecular weight excluding hydrogens is 162 g/mol. The molecule has 1 N–H and O–H groups in total. The minimum absolute atomic E-state index is 0.275. The summed E-state index contributed by atoms with van der Waals surface area (Å²) in [6.07, 6.45) is 4.52. The van der Waals surface area contributed by atoms with Crippen LogP contribution in [0.5, 0.6) is 0 Å². The second-order valence-electron chi connectivity index (χ2n) is 3.53. The first-order valence-electron chi connectivity index (χ1n) is 5.16. The van der Waals surface area contributed by atoms with Crippen molar-refractivity contribution in [1.82, 2.24) is 5.32 Å². The Balaban J connectivity index is 3.33. The van der Waals surface area contributed by atoms with Crippen molar-refractivity contribution in [2.45, 2.75) is 45.8 Å². The predicted molar refractivity (Wildman–Crippen MR) is 58.0 cm³/mol. The van der Waals surface area contributed by atoms with Gasteiger partial charge in [-0.05, 0) is 20.3 Å². The molecule has 0 aromatic rings. The fourth-order valence-corrected chi connectivity index (χ4v) is 1.19. The Morgan fingerprint density at radius 3 is 2.69 bits per heavy atom. The summed E-state index contributed by atoms with van der Waals surface area (Å²) in [7, 11) is 0. The van der Waals surface area contributed by atoms with Crippen LogP contribution in [-0.4, -0.2) is 25.3 Å². The van der Waals surface area contributed by atoms with E-state index in [0.717, 1.165) is 6.54 Å². The standard InChI is InChI=1S/C11H23NO/c1-5-7-10(3)12-9-11(4)13-8-6-2/h6,10-12H,2,5,7-9H2,1,3-4H3. The fourth-order valence-electron chi connectivity index (χ4n) is 1.19. The van der Waals surface area contributed by atoms with E-state index >= 15 is 0 Å². The Morgan fingerprint density at radius 2 is 2.15 bits per heavy atom. The van der Waals surface area contributed by atoms with E-state index in [0.29, 0.717) is 12.6 Å². The van der Waals surface area contributed by atoms with Gasteiger partial charge in [-0.2, -0.15) is 0 Å². The zero-order valence-corrected chi connectivity index (χ0v) is 9.18. The van der Waals surface area contributed by atoms with Gasteiger partial charge in [0.15, 0.2) is 0 Å². The van der Waals surface area contributed by atoms with Crippen LogP contribution in [0.25, 0.3) is 0 Å². The van der Waals surface area contributed by atoms with Gasteiger partial charge in [-0.1, -0.05) is 19.4 Å². The van der Waals surface area contributed by atoms with Gasteiger partial charge in [-0.15, -0.1) is 6.58 Å². The molecule has 0 radical (unpaired) electrons. The highest BCUT2D eigenvalue weighted by atomic mass is 16.5. The SMILES string of the molecule is C=CCOC(C)CNC(C)CCC. The van der Waals surface area contributed by atoms with E-state index < -0.39 is 0 Å². The van der Waals surface area contributed by atoms with E-state index in [1.807, 2.05) is 0 Å². The lowest BCUT2D eigenvalue weighted by Crippen LogP contribution is -2.33. The molecule has 0 aromatic heterocycles. The molecule has 0 saturated heterocycles. The number of nitrogens with one attached hydrogen (secondary N) is 1. The molecule has 0 rings (SSSR count). The third kappa shape index (κ3) is 8.00. The molecule has 2 nitrogen and oxygen atoms in total. The van der Waals surface area contributed by atoms with Crippen molar-refractivity contribution in [2.75, 3.05) is 13.2 Å². The summed E-state index contributed by atoms with van der Waals surface area (Å²) >= 11 is 0. The molecule has 0 bridgehead atoms. The first kappa shape index (κ1) is 12.7. The van der Waals surface area contributed by atoms with Crippen LogP contribution in [0.4, 0.5) is 0 Å². The molecule has 0 amide bonds. The summed E-state index contributed by atoms with van der Waals surface area (Å²) in [6.45, 7) is 11.7. The molecule has 2 unspecified atom stereocenters. The van der Waals surface area contributed by atoms with Crippen LogP contribution in [-0.2, 0) is 4.74 Å². The Bertz CT molecular complexity index is 125. The maximum absolute atomic E-state index is 5.44. The Hall–Kier alpha value is -0.340. The smallest absolute Gasteiger partial charge is 0.0675 e. The molecule has 78 valence electrons. The van der Waals surface area contributed by atoms with Crippen LogP contribution in [0, 0.1) is 0 Å². The normalized spacial score (nSPS) is 15.3. The van der Waals surface area contributed by atoms with Crippen LogP contribution in [0.2, 0.25) is 0 Å². The van der Waals surface area contributed by atoms with Crippen molar-refractivity contribution in [3.8, 4) is 0 Å². The average Bonchev–Trinajstić information content (AvgIpc) is 2.12. The molecule has 2 heteroatoms. The minimum Gasteiger partial charge on any atom is -0.373 e. The average molecular weight is 185 g/mol. The number of rotatable bonds is 8. The first-order chi connectivity index (χ1) is 6.20. The highest BCUT2D eigenvalue weighted by molar-refractivity contribution is 4.67. The molecule has 0 aromatic carbocycles. The molecule has 0 aliphatic carbocycles. The molecule has 0 heterocycles. The van der Waals surface area contributed by atoms with Crippen LogP contribution >= 0.6 is 0 Å². The largest absolute Gasteiger partial charge is 0.373 e. The van der Waals surface area contributed by atoms with Gasteiger partial charge in [0.25, 0.3) is 0 Å². The fraction of sp³-hybridized carbons (Fsp3) is 0.818. The van der Waals surface area contributed by atoms with Crippen molar-refractivity contribution in [3.05, 3.63) is 12.7 Å². The summed E-state index contributed by atoms with van der Waals surface area (Å²) in [5.41, 5.74) is 0. The summed E-state index contributed by atoms with van der Waals surface area (Å²) in [6, 6.07) is 0.597. The summed E-state index contributed by atoms with van der Waals surface area (Å²) in [5.74, 6) is 0. The predicted octanol–water partition coefficient (Wildman–Crippen LogP) is 2.36. The highest BCUT2D eigenvalue weighted by Crippen LogP contribution is 1.96. The molecule has 13 heavy (non-hydrogen) atoms. The zero-order chi connectivity index (χ0) is 10.1. The van der Waals surface area contributed by atoms with Crippen molar-refractivity contribution in [3.63, 3.8) is 0 Å². The monoisotopic (exact) mass is 185 g/mol. The van der Waals surface area contributed by atoms with Crippen molar-refractivity contribution < 1.29 is 4.74 Å². The zero-order valence-electron chi connectivity index (χ0n) is 9.18. The van der Waals surface area contributed by atoms with Gasteiger partial charge < -0.3 is 10.1 Å².